The van der Waals surface area contributed by atoms with Crippen molar-refractivity contribution >= 4 is 18.2 Å². The molecule has 0 spiro atoms. The molecule has 2 fully saturated rings. The molecule has 1 aliphatic carbocycles. The van der Waals surface area contributed by atoms with Crippen molar-refractivity contribution in [3.05, 3.63) is 96.5 Å². The third-order valence-corrected chi connectivity index (χ3v) is 8.04. The van der Waals surface area contributed by atoms with E-state index in [-0.39, 0.29) is 11.4 Å². The van der Waals surface area contributed by atoms with Crippen LogP contribution >= 0.6 is 0 Å². The molecule has 2 aliphatic rings. The lowest BCUT2D eigenvalue weighted by atomic mass is 9.82. The molecule has 4 rings (SSSR count). The molecule has 43 heavy (non-hydrogen) atoms. The Morgan fingerprint density at radius 1 is 1.09 bits per heavy atom. The lowest BCUT2D eigenvalue weighted by molar-refractivity contribution is -0.135. The number of benzene rings is 1. The van der Waals surface area contributed by atoms with Crippen LogP contribution in [0.4, 0.5) is 0 Å². The SMILES string of the molecule is C=C.C=Cc1cccc(C2CCC2)n1.CC/C(C)=C(/N=CC(C)CC)C(=O)N1CCN(C)CC1(C)C.Cc1ccccc1. The number of hydrogen-bond acceptors (Lipinski definition) is 4. The van der Waals surface area contributed by atoms with Crippen LogP contribution in [0.5, 0.6) is 0 Å². The first-order valence-corrected chi connectivity index (χ1v) is 15.9. The second-order valence-electron chi connectivity index (χ2n) is 12.1. The fourth-order valence-corrected chi connectivity index (χ4v) is 4.77. The number of hydrogen-bond donors (Lipinski definition) is 0. The maximum Gasteiger partial charge on any atom is 0.272 e. The van der Waals surface area contributed by atoms with Crippen LogP contribution in [0.2, 0.25) is 0 Å². The summed E-state index contributed by atoms with van der Waals surface area (Å²) in [4.78, 5) is 26.4. The summed E-state index contributed by atoms with van der Waals surface area (Å²) in [5, 5.41) is 0. The fourth-order valence-electron chi connectivity index (χ4n) is 4.77. The maximum atomic E-state index is 13.1. The Kier molecular flexibility index (Phi) is 17.4. The maximum absolute atomic E-state index is 13.1. The molecule has 5 nitrogen and oxygen atoms in total. The average molecular weight is 587 g/mol. The monoisotopic (exact) mass is 586 g/mol. The van der Waals surface area contributed by atoms with Crippen molar-refractivity contribution in [2.24, 2.45) is 10.9 Å². The highest BCUT2D eigenvalue weighted by molar-refractivity contribution is 5.96. The first-order valence-electron chi connectivity index (χ1n) is 15.9. The number of aromatic nitrogens is 1. The Morgan fingerprint density at radius 3 is 2.21 bits per heavy atom. The molecule has 1 amide bonds. The minimum Gasteiger partial charge on any atom is -0.330 e. The number of aryl methyl sites for hydroxylation is 1. The molecule has 0 radical (unpaired) electrons. The van der Waals surface area contributed by atoms with Gasteiger partial charge in [0.25, 0.3) is 5.91 Å². The lowest BCUT2D eigenvalue weighted by Gasteiger charge is -2.46. The standard InChI is InChI=1S/C18H33N3O.C11H13N.C7H8.C2H4/c1-8-14(3)12-19-16(15(4)9-2)17(22)21-11-10-20(7)13-18(21,5)6;1-2-10-7-4-8-11(12-10)9-5-3-6-9;1-7-5-3-2-4-6-7;1-2/h12,14H,8-11,13H2,1-7H3;2,4,7-9H,1,3,5-6H2;2-6H,1H3;1-2H2/b16-15+,19-12?;;;. The van der Waals surface area contributed by atoms with Gasteiger partial charge in [-0.3, -0.25) is 14.8 Å². The zero-order valence-corrected chi connectivity index (χ0v) is 28.4. The van der Waals surface area contributed by atoms with E-state index in [1.54, 1.807) is 0 Å². The van der Waals surface area contributed by atoms with E-state index in [1.807, 2.05) is 48.4 Å². The molecule has 1 atom stereocenters. The van der Waals surface area contributed by atoms with Gasteiger partial charge in [0.2, 0.25) is 0 Å². The number of pyridine rings is 1. The number of amides is 1. The normalized spacial score (nSPS) is 17.4. The van der Waals surface area contributed by atoms with Gasteiger partial charge in [0.15, 0.2) is 0 Å². The summed E-state index contributed by atoms with van der Waals surface area (Å²) >= 11 is 0. The molecule has 236 valence electrons. The lowest BCUT2D eigenvalue weighted by Crippen LogP contribution is -2.60. The Hall–Kier alpha value is -3.31. The van der Waals surface area contributed by atoms with Crippen molar-refractivity contribution in [2.75, 3.05) is 26.7 Å². The number of piperazine rings is 1. The van der Waals surface area contributed by atoms with Gasteiger partial charge in [-0.1, -0.05) is 75.7 Å². The number of aliphatic imine (C=N–C) groups is 1. The minimum atomic E-state index is -0.157. The first-order chi connectivity index (χ1) is 20.5. The number of likely N-dealkylation sites (N-methyl/N-ethyl adjacent to an activating group) is 1. The zero-order valence-electron chi connectivity index (χ0n) is 28.4. The summed E-state index contributed by atoms with van der Waals surface area (Å²) in [5.74, 6) is 1.20. The molecule has 1 unspecified atom stereocenters. The summed E-state index contributed by atoms with van der Waals surface area (Å²) in [6, 6.07) is 16.4. The molecule has 1 aliphatic heterocycles. The van der Waals surface area contributed by atoms with Crippen molar-refractivity contribution in [3.8, 4) is 0 Å². The van der Waals surface area contributed by atoms with Gasteiger partial charge in [-0.15, -0.1) is 13.2 Å². The van der Waals surface area contributed by atoms with Crippen LogP contribution in [0.15, 0.2) is 84.5 Å². The third-order valence-electron chi connectivity index (χ3n) is 8.04. The molecule has 1 aromatic carbocycles. The number of carbonyl (C=O) groups excluding carboxylic acids is 1. The van der Waals surface area contributed by atoms with Gasteiger partial charge in [0.1, 0.15) is 5.70 Å². The smallest absolute Gasteiger partial charge is 0.272 e. The van der Waals surface area contributed by atoms with E-state index >= 15 is 0 Å². The highest BCUT2D eigenvalue weighted by Crippen LogP contribution is 2.35. The van der Waals surface area contributed by atoms with E-state index in [0.717, 1.165) is 49.7 Å². The fraction of sp³-hybridized carbons (Fsp3) is 0.500. The predicted molar refractivity (Wildman–Crippen MR) is 188 cm³/mol. The molecule has 1 saturated carbocycles. The molecule has 1 aromatic heterocycles. The van der Waals surface area contributed by atoms with Gasteiger partial charge in [-0.25, -0.2) is 0 Å². The van der Waals surface area contributed by atoms with E-state index in [9.17, 15) is 4.79 Å². The molecule has 0 N–H and O–H groups in total. The number of nitrogens with zero attached hydrogens (tertiary/aromatic N) is 4. The first kappa shape index (κ1) is 37.7. The van der Waals surface area contributed by atoms with Crippen LogP contribution < -0.4 is 0 Å². The zero-order chi connectivity index (χ0) is 32.4. The molecule has 0 bridgehead atoms. The summed E-state index contributed by atoms with van der Waals surface area (Å²) in [6.45, 7) is 27.0. The second kappa shape index (κ2) is 19.8. The van der Waals surface area contributed by atoms with Crippen LogP contribution in [0.25, 0.3) is 6.08 Å². The largest absolute Gasteiger partial charge is 0.330 e. The van der Waals surface area contributed by atoms with E-state index in [4.69, 9.17) is 0 Å². The molecule has 2 heterocycles. The van der Waals surface area contributed by atoms with Gasteiger partial charge in [0, 0.05) is 37.5 Å². The summed E-state index contributed by atoms with van der Waals surface area (Å²) in [6.07, 6.45) is 9.62. The highest BCUT2D eigenvalue weighted by atomic mass is 16.2. The Balaban J connectivity index is 0.000000362. The van der Waals surface area contributed by atoms with Gasteiger partial charge >= 0.3 is 0 Å². The van der Waals surface area contributed by atoms with Crippen molar-refractivity contribution in [2.45, 2.75) is 92.0 Å². The van der Waals surface area contributed by atoms with Crippen LogP contribution in [-0.4, -0.2) is 59.1 Å². The van der Waals surface area contributed by atoms with Gasteiger partial charge in [-0.05, 0) is 90.1 Å². The summed E-state index contributed by atoms with van der Waals surface area (Å²) in [5.41, 5.74) is 5.12. The Bertz CT molecular complexity index is 1160. The summed E-state index contributed by atoms with van der Waals surface area (Å²) < 4.78 is 0. The second-order valence-corrected chi connectivity index (χ2v) is 12.1. The highest BCUT2D eigenvalue weighted by Gasteiger charge is 2.37. The van der Waals surface area contributed by atoms with Crippen molar-refractivity contribution in [3.63, 3.8) is 0 Å². The van der Waals surface area contributed by atoms with E-state index in [0.29, 0.717) is 11.6 Å². The Labute approximate surface area is 263 Å². The van der Waals surface area contributed by atoms with Crippen LogP contribution in [0.3, 0.4) is 0 Å². The quantitative estimate of drug-likeness (QED) is 0.185. The number of carbonyl (C=O) groups is 1. The van der Waals surface area contributed by atoms with Crippen LogP contribution in [-0.2, 0) is 4.79 Å². The summed E-state index contributed by atoms with van der Waals surface area (Å²) in [7, 11) is 2.11. The molecular weight excluding hydrogens is 528 g/mol. The van der Waals surface area contributed by atoms with Crippen molar-refractivity contribution < 1.29 is 4.79 Å². The molecule has 1 saturated heterocycles. The number of rotatable bonds is 7. The van der Waals surface area contributed by atoms with Crippen LogP contribution in [0.1, 0.15) is 96.5 Å². The van der Waals surface area contributed by atoms with E-state index in [2.05, 4.69) is 107 Å². The molecular formula is C38H58N4O. The van der Waals surface area contributed by atoms with Gasteiger partial charge in [-0.2, -0.15) is 0 Å². The molecule has 5 heteroatoms. The van der Waals surface area contributed by atoms with Crippen LogP contribution in [0, 0.1) is 12.8 Å². The van der Waals surface area contributed by atoms with Crippen molar-refractivity contribution in [1.82, 2.24) is 14.8 Å². The number of allylic oxidation sites excluding steroid dienone is 1. The average Bonchev–Trinajstić information content (AvgIpc) is 2.97. The van der Waals surface area contributed by atoms with Crippen molar-refractivity contribution in [1.29, 1.82) is 0 Å². The van der Waals surface area contributed by atoms with Gasteiger partial charge in [0.05, 0.1) is 11.2 Å². The molecule has 2 aromatic rings. The third kappa shape index (κ3) is 12.8. The minimum absolute atomic E-state index is 0.0806. The topological polar surface area (TPSA) is 48.8 Å². The Morgan fingerprint density at radius 2 is 1.74 bits per heavy atom. The van der Waals surface area contributed by atoms with Gasteiger partial charge < -0.3 is 9.80 Å². The van der Waals surface area contributed by atoms with E-state index < -0.39 is 0 Å². The van der Waals surface area contributed by atoms with E-state index in [1.165, 1.54) is 30.5 Å². The predicted octanol–water partition coefficient (Wildman–Crippen LogP) is 9.13.